The fourth-order valence-electron chi connectivity index (χ4n) is 2.53. The number of carbonyl (C=O) groups excluding carboxylic acids is 2. The van der Waals surface area contributed by atoms with Gasteiger partial charge in [0.1, 0.15) is 0 Å². The maximum Gasteiger partial charge on any atom is 0.338 e. The molecule has 31 heavy (non-hydrogen) atoms. The van der Waals surface area contributed by atoms with Crippen molar-refractivity contribution >= 4 is 33.3 Å². The first-order valence-corrected chi connectivity index (χ1v) is 10.7. The minimum Gasteiger partial charge on any atom is -0.459 e. The van der Waals surface area contributed by atoms with Crippen molar-refractivity contribution in [3.8, 4) is 0 Å². The molecule has 2 rings (SSSR count). The lowest BCUT2D eigenvalue weighted by atomic mass is 10.1. The van der Waals surface area contributed by atoms with E-state index in [2.05, 4.69) is 4.72 Å². The Labute approximate surface area is 179 Å². The number of hydrogen-bond acceptors (Lipinski definition) is 8. The zero-order valence-corrected chi connectivity index (χ0v) is 18.1. The molecular weight excluding hydrogens is 428 g/mol. The van der Waals surface area contributed by atoms with Crippen LogP contribution in [-0.4, -0.2) is 37.5 Å². The maximum atomic E-state index is 12.8. The summed E-state index contributed by atoms with van der Waals surface area (Å²) in [6, 6.07) is 8.36. The first-order valence-electron chi connectivity index (χ1n) is 9.24. The van der Waals surface area contributed by atoms with Gasteiger partial charge in [-0.25, -0.2) is 18.0 Å². The van der Waals surface area contributed by atoms with Crippen LogP contribution in [-0.2, 0) is 19.5 Å². The second kappa shape index (κ2) is 9.56. The van der Waals surface area contributed by atoms with E-state index in [1.807, 2.05) is 0 Å². The molecule has 0 atom stereocenters. The smallest absolute Gasteiger partial charge is 0.338 e. The van der Waals surface area contributed by atoms with E-state index in [0.29, 0.717) is 0 Å². The van der Waals surface area contributed by atoms with Crippen LogP contribution in [0, 0.1) is 10.1 Å². The van der Waals surface area contributed by atoms with Crippen LogP contribution in [0.4, 0.5) is 11.4 Å². The second-order valence-corrected chi connectivity index (χ2v) is 8.69. The van der Waals surface area contributed by atoms with Crippen LogP contribution in [0.15, 0.2) is 47.4 Å². The second-order valence-electron chi connectivity index (χ2n) is 7.04. The Kier molecular flexibility index (Phi) is 7.34. The molecular formula is C20H22N2O8S. The molecule has 10 nitrogen and oxygen atoms in total. The van der Waals surface area contributed by atoms with Crippen LogP contribution in [0.2, 0.25) is 0 Å². The molecule has 0 aliphatic heterocycles. The summed E-state index contributed by atoms with van der Waals surface area (Å²) in [5.74, 6) is -1.55. The van der Waals surface area contributed by atoms with Gasteiger partial charge < -0.3 is 9.47 Å². The molecule has 11 heteroatoms. The van der Waals surface area contributed by atoms with E-state index in [-0.39, 0.29) is 16.8 Å². The number of rotatable bonds is 8. The minimum atomic E-state index is -4.42. The first kappa shape index (κ1) is 23.8. The molecule has 1 N–H and O–H groups in total. The highest BCUT2D eigenvalue weighted by Crippen LogP contribution is 2.26. The van der Waals surface area contributed by atoms with Crippen LogP contribution < -0.4 is 4.72 Å². The number of esters is 2. The summed E-state index contributed by atoms with van der Waals surface area (Å²) in [5.41, 5.74) is -0.962. The average molecular weight is 450 g/mol. The number of nitro groups is 1. The molecule has 0 unspecified atom stereocenters. The summed E-state index contributed by atoms with van der Waals surface area (Å²) in [7, 11) is -4.42. The molecule has 0 fully saturated rings. The van der Waals surface area contributed by atoms with Gasteiger partial charge in [-0.1, -0.05) is 12.1 Å². The van der Waals surface area contributed by atoms with Crippen molar-refractivity contribution in [2.24, 2.45) is 0 Å². The van der Waals surface area contributed by atoms with Gasteiger partial charge in [0, 0.05) is 6.07 Å². The molecule has 0 saturated heterocycles. The molecule has 2 aromatic carbocycles. The van der Waals surface area contributed by atoms with Gasteiger partial charge in [0.05, 0.1) is 33.9 Å². The van der Waals surface area contributed by atoms with Gasteiger partial charge >= 0.3 is 11.9 Å². The van der Waals surface area contributed by atoms with Crippen molar-refractivity contribution in [1.82, 2.24) is 0 Å². The minimum absolute atomic E-state index is 0.0906. The fourth-order valence-corrected chi connectivity index (χ4v) is 3.75. The van der Waals surface area contributed by atoms with Crippen LogP contribution in [0.5, 0.6) is 0 Å². The molecule has 0 spiro atoms. The third-order valence-electron chi connectivity index (χ3n) is 3.69. The normalized spacial score (nSPS) is 11.3. The topological polar surface area (TPSA) is 142 Å². The molecule has 0 amide bonds. The Bertz CT molecular complexity index is 1070. The molecule has 2 aromatic rings. The fraction of sp³-hybridized carbons (Fsp3) is 0.300. The van der Waals surface area contributed by atoms with Crippen LogP contribution >= 0.6 is 0 Å². The van der Waals surface area contributed by atoms with Gasteiger partial charge in [-0.2, -0.15) is 0 Å². The van der Waals surface area contributed by atoms with E-state index in [9.17, 15) is 28.1 Å². The van der Waals surface area contributed by atoms with Gasteiger partial charge in [0.15, 0.2) is 4.90 Å². The SMILES string of the molecule is CC(C)OC(=O)c1cc(NS(=O)(=O)c2ccccc2[N+](=O)[O-])cc(C(=O)OC(C)C)c1. The number of hydrogen-bond donors (Lipinski definition) is 1. The van der Waals surface area contributed by atoms with Crippen molar-refractivity contribution < 1.29 is 32.4 Å². The van der Waals surface area contributed by atoms with E-state index >= 15 is 0 Å². The van der Waals surface area contributed by atoms with Gasteiger partial charge in [0.2, 0.25) is 0 Å². The number of sulfonamides is 1. The molecule has 166 valence electrons. The third kappa shape index (κ3) is 6.25. The van der Waals surface area contributed by atoms with E-state index in [0.717, 1.165) is 12.1 Å². The summed E-state index contributed by atoms with van der Waals surface area (Å²) in [6.07, 6.45) is -0.906. The number of anilines is 1. The van der Waals surface area contributed by atoms with Gasteiger partial charge in [-0.15, -0.1) is 0 Å². The quantitative estimate of drug-likeness (QED) is 0.366. The summed E-state index contributed by atoms with van der Waals surface area (Å²) in [6.45, 7) is 6.53. The number of nitrogens with zero attached hydrogens (tertiary/aromatic N) is 1. The largest absolute Gasteiger partial charge is 0.459 e. The zero-order chi connectivity index (χ0) is 23.3. The van der Waals surface area contributed by atoms with Crippen LogP contribution in [0.1, 0.15) is 48.4 Å². The van der Waals surface area contributed by atoms with Crippen LogP contribution in [0.3, 0.4) is 0 Å². The molecule has 0 aromatic heterocycles. The zero-order valence-electron chi connectivity index (χ0n) is 17.3. The van der Waals surface area contributed by atoms with Gasteiger partial charge in [-0.3, -0.25) is 14.8 Å². The van der Waals surface area contributed by atoms with E-state index < -0.39 is 49.7 Å². The summed E-state index contributed by atoms with van der Waals surface area (Å²) in [5, 5.41) is 11.2. The highest BCUT2D eigenvalue weighted by atomic mass is 32.2. The highest BCUT2D eigenvalue weighted by molar-refractivity contribution is 7.92. The molecule has 0 heterocycles. The number of ether oxygens (including phenoxy) is 2. The number of benzene rings is 2. The van der Waals surface area contributed by atoms with E-state index in [1.165, 1.54) is 30.3 Å². The van der Waals surface area contributed by atoms with E-state index in [1.54, 1.807) is 27.7 Å². The molecule has 0 bridgehead atoms. The molecule has 0 aliphatic rings. The van der Waals surface area contributed by atoms with Crippen molar-refractivity contribution in [3.63, 3.8) is 0 Å². The number of para-hydroxylation sites is 1. The monoisotopic (exact) mass is 450 g/mol. The van der Waals surface area contributed by atoms with Gasteiger partial charge in [0.25, 0.3) is 15.7 Å². The maximum absolute atomic E-state index is 12.8. The van der Waals surface area contributed by atoms with Crippen molar-refractivity contribution in [1.29, 1.82) is 0 Å². The number of carbonyl (C=O) groups is 2. The van der Waals surface area contributed by atoms with E-state index in [4.69, 9.17) is 9.47 Å². The predicted octanol–water partition coefficient (Wildman–Crippen LogP) is 3.53. The Morgan fingerprint density at radius 1 is 0.935 bits per heavy atom. The first-order chi connectivity index (χ1) is 14.4. The van der Waals surface area contributed by atoms with Gasteiger partial charge in [-0.05, 0) is 52.0 Å². The highest BCUT2D eigenvalue weighted by Gasteiger charge is 2.26. The standard InChI is InChI=1S/C20H22N2O8S/c1-12(2)29-19(23)14-9-15(20(24)30-13(3)4)11-16(10-14)21-31(27,28)18-8-6-5-7-17(18)22(25)26/h5-13,21H,1-4H3. The van der Waals surface area contributed by atoms with Crippen molar-refractivity contribution in [3.05, 3.63) is 63.7 Å². The molecule has 0 aliphatic carbocycles. The average Bonchev–Trinajstić information content (AvgIpc) is 2.66. The summed E-state index contributed by atoms with van der Waals surface area (Å²) in [4.78, 5) is 34.5. The summed E-state index contributed by atoms with van der Waals surface area (Å²) < 4.78 is 38.0. The lowest BCUT2D eigenvalue weighted by Gasteiger charge is -2.14. The number of nitro benzene ring substituents is 1. The summed E-state index contributed by atoms with van der Waals surface area (Å²) >= 11 is 0. The lowest BCUT2D eigenvalue weighted by molar-refractivity contribution is -0.387. The van der Waals surface area contributed by atoms with Crippen molar-refractivity contribution in [2.75, 3.05) is 4.72 Å². The Morgan fingerprint density at radius 2 is 1.42 bits per heavy atom. The Hall–Kier alpha value is -3.47. The predicted molar refractivity (Wildman–Crippen MR) is 111 cm³/mol. The number of nitrogens with one attached hydrogen (secondary N) is 1. The molecule has 0 radical (unpaired) electrons. The Balaban J connectivity index is 2.53. The molecule has 0 saturated carbocycles. The lowest BCUT2D eigenvalue weighted by Crippen LogP contribution is -2.18. The van der Waals surface area contributed by atoms with Crippen molar-refractivity contribution in [2.45, 2.75) is 44.8 Å². The third-order valence-corrected chi connectivity index (χ3v) is 5.12. The van der Waals surface area contributed by atoms with Crippen LogP contribution in [0.25, 0.3) is 0 Å². The Morgan fingerprint density at radius 3 is 1.87 bits per heavy atom.